The molecule has 1 atom stereocenters. The van der Waals surface area contributed by atoms with Crippen LogP contribution in [-0.4, -0.2) is 58.6 Å². The number of thiocarbonyl (C=S) groups is 1. The minimum absolute atomic E-state index is 0.285. The van der Waals surface area contributed by atoms with Gasteiger partial charge in [0.15, 0.2) is 11.5 Å². The molecule has 0 radical (unpaired) electrons. The Morgan fingerprint density at radius 1 is 1.31 bits per heavy atom. The first-order valence-electron chi connectivity index (χ1n) is 12.6. The highest BCUT2D eigenvalue weighted by Gasteiger charge is 2.17. The summed E-state index contributed by atoms with van der Waals surface area (Å²) in [5.74, 6) is 1.06. The second-order valence-corrected chi connectivity index (χ2v) is 12.5. The molecule has 0 saturated carbocycles. The Kier molecular flexibility index (Phi) is 11.2. The molecule has 0 fully saturated rings. The monoisotopic (exact) mass is 637 g/mol. The third-order valence-electron chi connectivity index (χ3n) is 5.29. The van der Waals surface area contributed by atoms with Crippen LogP contribution < -0.4 is 11.1 Å². The number of hydrogen-bond acceptors (Lipinski definition) is 10. The molecule has 0 unspecified atom stereocenters. The summed E-state index contributed by atoms with van der Waals surface area (Å²) in [6.45, 7) is 9.70. The average molecular weight is 638 g/mol. The lowest BCUT2D eigenvalue weighted by atomic mass is 10.2. The number of nitrogens with zero attached hydrogens (tertiary/aromatic N) is 5. The van der Waals surface area contributed by atoms with Gasteiger partial charge in [-0.3, -0.25) is 4.57 Å². The van der Waals surface area contributed by atoms with Crippen LogP contribution in [0.1, 0.15) is 44.6 Å². The van der Waals surface area contributed by atoms with E-state index in [1.54, 1.807) is 30.0 Å². The smallest absolute Gasteiger partial charge is 0.350 e. The molecule has 0 saturated heterocycles. The van der Waals surface area contributed by atoms with Crippen molar-refractivity contribution in [1.29, 1.82) is 0 Å². The number of aryl methyl sites for hydroxylation is 1. The minimum Gasteiger partial charge on any atom is -0.469 e. The van der Waals surface area contributed by atoms with Crippen LogP contribution in [0, 0.1) is 6.92 Å². The zero-order valence-electron chi connectivity index (χ0n) is 23.7. The van der Waals surface area contributed by atoms with Crippen molar-refractivity contribution < 1.29 is 28.3 Å². The number of aromatic nitrogens is 4. The highest BCUT2D eigenvalue weighted by molar-refractivity contribution is 7.81. The molecule has 0 aliphatic carbocycles. The number of fused-ring (bicyclic) bond motifs is 1. The van der Waals surface area contributed by atoms with Crippen molar-refractivity contribution in [2.75, 3.05) is 17.4 Å². The first-order chi connectivity index (χ1) is 19.6. The fraction of sp³-hybridized carbons (Fsp3) is 0.346. The lowest BCUT2D eigenvalue weighted by Crippen LogP contribution is -2.17. The molecule has 4 rings (SSSR count). The van der Waals surface area contributed by atoms with Crippen molar-refractivity contribution in [3.63, 3.8) is 0 Å². The number of furan rings is 1. The van der Waals surface area contributed by atoms with Gasteiger partial charge in [-0.15, -0.1) is 0 Å². The summed E-state index contributed by atoms with van der Waals surface area (Å²) in [6, 6.07) is 7.33. The van der Waals surface area contributed by atoms with E-state index in [9.17, 15) is 4.57 Å². The van der Waals surface area contributed by atoms with E-state index in [0.29, 0.717) is 27.7 Å². The fourth-order valence-electron chi connectivity index (χ4n) is 3.37. The van der Waals surface area contributed by atoms with Gasteiger partial charge in [-0.25, -0.2) is 15.0 Å². The number of nitrogens with one attached hydrogen (secondary N) is 1. The predicted molar refractivity (Wildman–Crippen MR) is 166 cm³/mol. The molecule has 0 aliphatic rings. The molecule has 0 bridgehead atoms. The quantitative estimate of drug-likeness (QED) is 0.0823. The Labute approximate surface area is 253 Å². The molecule has 0 aliphatic heterocycles. The predicted octanol–water partition coefficient (Wildman–Crippen LogP) is 5.13. The molecule has 5 N–H and O–H groups in total. The van der Waals surface area contributed by atoms with E-state index in [1.807, 2.05) is 45.9 Å². The summed E-state index contributed by atoms with van der Waals surface area (Å²) in [5, 5.41) is 7.73. The van der Waals surface area contributed by atoms with Crippen molar-refractivity contribution in [2.45, 2.75) is 52.9 Å². The maximum absolute atomic E-state index is 10.7. The van der Waals surface area contributed by atoms with Crippen LogP contribution in [0.25, 0.3) is 11.2 Å². The third kappa shape index (κ3) is 10.2. The van der Waals surface area contributed by atoms with Crippen molar-refractivity contribution in [1.82, 2.24) is 19.5 Å². The van der Waals surface area contributed by atoms with Crippen molar-refractivity contribution in [3.8, 4) is 0 Å². The molecule has 226 valence electrons. The average Bonchev–Trinajstić information content (AvgIpc) is 3.51. The zero-order chi connectivity index (χ0) is 31.1. The minimum atomic E-state index is -4.16. The molecule has 1 aromatic carbocycles. The molecule has 0 amide bonds. The van der Waals surface area contributed by atoms with Crippen LogP contribution in [0.3, 0.4) is 0 Å². The van der Waals surface area contributed by atoms with Crippen LogP contribution in [-0.2, 0) is 20.7 Å². The van der Waals surface area contributed by atoms with Gasteiger partial charge in [-0.1, -0.05) is 29.0 Å². The number of imidazole rings is 1. The largest absolute Gasteiger partial charge is 0.469 e. The topological polar surface area (TPSA) is 183 Å². The summed E-state index contributed by atoms with van der Waals surface area (Å²) in [5.41, 5.74) is 8.77. The number of halogens is 1. The first kappa shape index (κ1) is 33.1. The Balaban J connectivity index is 0.000000235. The van der Waals surface area contributed by atoms with E-state index in [0.717, 1.165) is 22.6 Å². The number of hydrogen-bond donors (Lipinski definition) is 4. The number of ether oxygens (including phenoxy) is 1. The van der Waals surface area contributed by atoms with E-state index in [-0.39, 0.29) is 11.4 Å². The van der Waals surface area contributed by atoms with Gasteiger partial charge in [-0.05, 0) is 58.9 Å². The van der Waals surface area contributed by atoms with E-state index in [1.165, 1.54) is 12.7 Å². The first-order valence-corrected chi connectivity index (χ1v) is 15.2. The molecular weight excluding hydrogens is 605 g/mol. The third-order valence-corrected chi connectivity index (χ3v) is 6.44. The highest BCUT2D eigenvalue weighted by atomic mass is 35.5. The van der Waals surface area contributed by atoms with Crippen LogP contribution >= 0.6 is 31.4 Å². The van der Waals surface area contributed by atoms with E-state index in [2.05, 4.69) is 25.4 Å². The van der Waals surface area contributed by atoms with Crippen LogP contribution in [0.5, 0.6) is 0 Å². The molecule has 3 aromatic heterocycles. The second kappa shape index (κ2) is 14.2. The van der Waals surface area contributed by atoms with Gasteiger partial charge >= 0.3 is 7.60 Å². The summed E-state index contributed by atoms with van der Waals surface area (Å²) in [6.07, 6.45) is 5.05. The van der Waals surface area contributed by atoms with Crippen LogP contribution in [0.15, 0.2) is 52.8 Å². The molecule has 16 heteroatoms. The van der Waals surface area contributed by atoms with Gasteiger partial charge < -0.3 is 39.4 Å². The van der Waals surface area contributed by atoms with E-state index < -0.39 is 20.0 Å². The van der Waals surface area contributed by atoms with Gasteiger partial charge in [0.2, 0.25) is 0 Å². The normalized spacial score (nSPS) is 12.7. The van der Waals surface area contributed by atoms with E-state index in [4.69, 9.17) is 53.3 Å². The Bertz CT molecular complexity index is 1600. The van der Waals surface area contributed by atoms with Gasteiger partial charge in [0.25, 0.3) is 0 Å². The summed E-state index contributed by atoms with van der Waals surface area (Å²) in [4.78, 5) is 35.4. The van der Waals surface area contributed by atoms with Crippen molar-refractivity contribution >= 4 is 65.3 Å². The molecule has 3 heterocycles. The molecule has 13 nitrogen and oxygen atoms in total. The maximum atomic E-state index is 10.7. The van der Waals surface area contributed by atoms with Gasteiger partial charge in [0.1, 0.15) is 34.5 Å². The van der Waals surface area contributed by atoms with Gasteiger partial charge in [0.05, 0.1) is 37.0 Å². The summed E-state index contributed by atoms with van der Waals surface area (Å²) < 4.78 is 22.7. The summed E-state index contributed by atoms with van der Waals surface area (Å²) >= 11 is 11.6. The number of nitrogens with two attached hydrogens (primary N) is 1. The molecule has 42 heavy (non-hydrogen) atoms. The summed E-state index contributed by atoms with van der Waals surface area (Å²) in [7, 11) is -4.16. The second-order valence-electron chi connectivity index (χ2n) is 10.1. The Morgan fingerprint density at radius 2 is 2.05 bits per heavy atom. The molecular formula is C26H33ClN7O6PS. The number of anilines is 2. The number of benzene rings is 1. The Hall–Kier alpha value is -3.39. The highest BCUT2D eigenvalue weighted by Crippen LogP contribution is 2.34. The van der Waals surface area contributed by atoms with Crippen molar-refractivity contribution in [2.24, 2.45) is 5.16 Å². The van der Waals surface area contributed by atoms with Gasteiger partial charge in [-0.2, -0.15) is 0 Å². The molecule has 0 spiro atoms. The van der Waals surface area contributed by atoms with Crippen LogP contribution in [0.4, 0.5) is 11.5 Å². The molecule has 4 aromatic rings. The zero-order valence-corrected chi connectivity index (χ0v) is 26.2. The van der Waals surface area contributed by atoms with E-state index >= 15 is 0 Å². The number of oxime groups is 1. The fourth-order valence-corrected chi connectivity index (χ4v) is 4.31. The number of rotatable bonds is 9. The number of nitrogen functional groups attached to an aromatic ring is 1. The van der Waals surface area contributed by atoms with Crippen molar-refractivity contribution in [3.05, 3.63) is 65.1 Å². The van der Waals surface area contributed by atoms with Crippen LogP contribution in [0.2, 0.25) is 5.02 Å². The SMILES string of the molecule is C[C@H](Cn1cnc2c(N)ncnc21)OCP(=O)(O)O.Cc1occc1C(=S)Nc1ccc(Cl)c(/C=N/OC(C)(C)C)c1. The Morgan fingerprint density at radius 3 is 2.69 bits per heavy atom. The standard InChI is InChI=1S/C17H19ClN2O2S.C9H14N5O4P/c1-11-14(7-8-21-11)16(23)20-13-5-6-15(18)12(9-13)10-19-22-17(2,3)4;1-6(18-5-19(15,16)17)2-14-4-13-7-8(10)11-3-12-9(7)14/h5-10H,1-4H3,(H,20,23);3-4,6H,2,5H2,1H3,(H2,10,11,12)(H2,15,16,17)/b19-10+;/t;6-/m.1/s1. The lowest BCUT2D eigenvalue weighted by molar-refractivity contribution is 0.00199. The lowest BCUT2D eigenvalue weighted by Gasteiger charge is -2.15. The maximum Gasteiger partial charge on any atom is 0.350 e. The van der Waals surface area contributed by atoms with Gasteiger partial charge in [0, 0.05) is 16.3 Å².